The van der Waals surface area contributed by atoms with Gasteiger partial charge in [0.05, 0.1) is 18.8 Å². The molecule has 1 unspecified atom stereocenters. The van der Waals surface area contributed by atoms with Gasteiger partial charge in [-0.1, -0.05) is 6.07 Å². The number of aliphatic hydroxyl groups is 1. The minimum Gasteiger partial charge on any atom is -0.493 e. The molecule has 2 N–H and O–H groups in total. The lowest BCUT2D eigenvalue weighted by molar-refractivity contribution is 0.0916. The Morgan fingerprint density at radius 1 is 1.24 bits per heavy atom. The highest BCUT2D eigenvalue weighted by atomic mass is 16.5. The first-order valence-electron chi connectivity index (χ1n) is 8.51. The lowest BCUT2D eigenvalue weighted by Gasteiger charge is -2.14. The number of fused-ring (bicyclic) bond motifs is 1. The van der Waals surface area contributed by atoms with Gasteiger partial charge >= 0.3 is 0 Å². The zero-order chi connectivity index (χ0) is 17.8. The van der Waals surface area contributed by atoms with Crippen molar-refractivity contribution in [2.24, 2.45) is 0 Å². The van der Waals surface area contributed by atoms with Gasteiger partial charge in [-0.15, -0.1) is 0 Å². The van der Waals surface area contributed by atoms with E-state index < -0.39 is 6.10 Å². The SMILES string of the molecule is CC(C)Oc1ccc(C(=O)NCC(O)c2ccc3c(c2)CCO3)cc1. The molecule has 5 nitrogen and oxygen atoms in total. The van der Waals surface area contributed by atoms with Crippen molar-refractivity contribution in [3.05, 3.63) is 59.2 Å². The van der Waals surface area contributed by atoms with Gasteiger partial charge in [0.25, 0.3) is 5.91 Å². The Hall–Kier alpha value is -2.53. The number of hydrogen-bond acceptors (Lipinski definition) is 4. The van der Waals surface area contributed by atoms with E-state index >= 15 is 0 Å². The van der Waals surface area contributed by atoms with Crippen LogP contribution >= 0.6 is 0 Å². The second-order valence-corrected chi connectivity index (χ2v) is 6.38. The topological polar surface area (TPSA) is 67.8 Å². The molecule has 0 saturated heterocycles. The van der Waals surface area contributed by atoms with Crippen LogP contribution in [-0.2, 0) is 6.42 Å². The van der Waals surface area contributed by atoms with E-state index in [0.717, 1.165) is 29.0 Å². The molecule has 0 spiro atoms. The Balaban J connectivity index is 1.56. The molecular formula is C20H23NO4. The minimum atomic E-state index is -0.751. The molecule has 2 aromatic carbocycles. The summed E-state index contributed by atoms with van der Waals surface area (Å²) in [5.41, 5.74) is 2.42. The average Bonchev–Trinajstić information content (AvgIpc) is 3.07. The van der Waals surface area contributed by atoms with E-state index in [0.29, 0.717) is 12.2 Å². The summed E-state index contributed by atoms with van der Waals surface area (Å²) in [6.07, 6.45) is 0.193. The van der Waals surface area contributed by atoms with Crippen LogP contribution in [0.15, 0.2) is 42.5 Å². The Kier molecular flexibility index (Phi) is 5.24. The van der Waals surface area contributed by atoms with Crippen molar-refractivity contribution in [2.75, 3.05) is 13.2 Å². The highest BCUT2D eigenvalue weighted by Crippen LogP contribution is 2.28. The Morgan fingerprint density at radius 3 is 2.72 bits per heavy atom. The predicted molar refractivity (Wildman–Crippen MR) is 95.1 cm³/mol. The monoisotopic (exact) mass is 341 g/mol. The third kappa shape index (κ3) is 4.31. The molecule has 0 bridgehead atoms. The van der Waals surface area contributed by atoms with E-state index in [2.05, 4.69) is 5.32 Å². The van der Waals surface area contributed by atoms with Gasteiger partial charge < -0.3 is 19.9 Å². The van der Waals surface area contributed by atoms with Crippen molar-refractivity contribution >= 4 is 5.91 Å². The summed E-state index contributed by atoms with van der Waals surface area (Å²) in [6, 6.07) is 12.6. The van der Waals surface area contributed by atoms with Crippen LogP contribution in [-0.4, -0.2) is 30.3 Å². The maximum atomic E-state index is 12.2. The van der Waals surface area contributed by atoms with Crippen LogP contribution in [0, 0.1) is 0 Å². The smallest absolute Gasteiger partial charge is 0.251 e. The number of aliphatic hydroxyl groups excluding tert-OH is 1. The van der Waals surface area contributed by atoms with Crippen LogP contribution in [0.5, 0.6) is 11.5 Å². The van der Waals surface area contributed by atoms with Crippen molar-refractivity contribution in [1.29, 1.82) is 0 Å². The number of carbonyl (C=O) groups excluding carboxylic acids is 1. The van der Waals surface area contributed by atoms with Gasteiger partial charge in [0, 0.05) is 18.5 Å². The maximum absolute atomic E-state index is 12.2. The summed E-state index contributed by atoms with van der Waals surface area (Å²) in [5.74, 6) is 1.38. The van der Waals surface area contributed by atoms with E-state index in [9.17, 15) is 9.90 Å². The van der Waals surface area contributed by atoms with Gasteiger partial charge in [0.2, 0.25) is 0 Å². The van der Waals surface area contributed by atoms with Crippen molar-refractivity contribution in [3.8, 4) is 11.5 Å². The Labute approximate surface area is 147 Å². The molecule has 2 aromatic rings. The summed E-state index contributed by atoms with van der Waals surface area (Å²) < 4.78 is 11.0. The summed E-state index contributed by atoms with van der Waals surface area (Å²) in [7, 11) is 0. The van der Waals surface area contributed by atoms with Gasteiger partial charge in [-0.05, 0) is 61.4 Å². The van der Waals surface area contributed by atoms with Gasteiger partial charge in [-0.3, -0.25) is 4.79 Å². The largest absolute Gasteiger partial charge is 0.493 e. The first-order chi connectivity index (χ1) is 12.0. The molecule has 1 heterocycles. The van der Waals surface area contributed by atoms with Gasteiger partial charge in [0.1, 0.15) is 11.5 Å². The Morgan fingerprint density at radius 2 is 2.00 bits per heavy atom. The van der Waals surface area contributed by atoms with E-state index in [1.807, 2.05) is 32.0 Å². The fourth-order valence-corrected chi connectivity index (χ4v) is 2.78. The molecule has 0 fully saturated rings. The van der Waals surface area contributed by atoms with E-state index in [1.54, 1.807) is 24.3 Å². The maximum Gasteiger partial charge on any atom is 0.251 e. The van der Waals surface area contributed by atoms with Crippen LogP contribution in [0.4, 0.5) is 0 Å². The van der Waals surface area contributed by atoms with E-state index in [4.69, 9.17) is 9.47 Å². The number of nitrogens with one attached hydrogen (secondary N) is 1. The molecule has 5 heteroatoms. The molecule has 0 saturated carbocycles. The second-order valence-electron chi connectivity index (χ2n) is 6.38. The summed E-state index contributed by atoms with van der Waals surface area (Å²) >= 11 is 0. The predicted octanol–water partition coefficient (Wildman–Crippen LogP) is 2.87. The van der Waals surface area contributed by atoms with E-state index in [-0.39, 0.29) is 18.6 Å². The lowest BCUT2D eigenvalue weighted by Crippen LogP contribution is -2.28. The summed E-state index contributed by atoms with van der Waals surface area (Å²) in [5, 5.41) is 13.1. The minimum absolute atomic E-state index is 0.0903. The van der Waals surface area contributed by atoms with Gasteiger partial charge in [0.15, 0.2) is 0 Å². The number of amides is 1. The molecule has 0 aromatic heterocycles. The van der Waals surface area contributed by atoms with Crippen molar-refractivity contribution in [3.63, 3.8) is 0 Å². The fourth-order valence-electron chi connectivity index (χ4n) is 2.78. The zero-order valence-corrected chi connectivity index (χ0v) is 14.5. The molecule has 132 valence electrons. The van der Waals surface area contributed by atoms with Crippen molar-refractivity contribution in [2.45, 2.75) is 32.5 Å². The van der Waals surface area contributed by atoms with Crippen LogP contribution in [0.25, 0.3) is 0 Å². The van der Waals surface area contributed by atoms with Crippen molar-refractivity contribution in [1.82, 2.24) is 5.32 Å². The first-order valence-corrected chi connectivity index (χ1v) is 8.51. The molecule has 0 aliphatic carbocycles. The second kappa shape index (κ2) is 7.57. The normalized spacial score (nSPS) is 13.9. The highest BCUT2D eigenvalue weighted by Gasteiger charge is 2.16. The number of benzene rings is 2. The molecular weight excluding hydrogens is 318 g/mol. The number of ether oxygens (including phenoxy) is 2. The summed E-state index contributed by atoms with van der Waals surface area (Å²) in [6.45, 7) is 4.74. The number of carbonyl (C=O) groups is 1. The molecule has 3 rings (SSSR count). The standard InChI is InChI=1S/C20H23NO4/c1-13(2)25-17-6-3-14(4-7-17)20(23)21-12-18(22)15-5-8-19-16(11-15)9-10-24-19/h3-8,11,13,18,22H,9-10,12H2,1-2H3,(H,21,23). The highest BCUT2D eigenvalue weighted by molar-refractivity contribution is 5.94. The third-order valence-electron chi connectivity index (χ3n) is 4.04. The zero-order valence-electron chi connectivity index (χ0n) is 14.5. The average molecular weight is 341 g/mol. The molecule has 1 aliphatic heterocycles. The van der Waals surface area contributed by atoms with Gasteiger partial charge in [-0.2, -0.15) is 0 Å². The number of hydrogen-bond donors (Lipinski definition) is 2. The number of rotatable bonds is 6. The van der Waals surface area contributed by atoms with Gasteiger partial charge in [-0.25, -0.2) is 0 Å². The molecule has 25 heavy (non-hydrogen) atoms. The first kappa shape index (κ1) is 17.3. The van der Waals surface area contributed by atoms with Crippen LogP contribution in [0.3, 0.4) is 0 Å². The quantitative estimate of drug-likeness (QED) is 0.848. The lowest BCUT2D eigenvalue weighted by atomic mass is 10.0. The molecule has 0 radical (unpaired) electrons. The van der Waals surface area contributed by atoms with Crippen molar-refractivity contribution < 1.29 is 19.4 Å². The Bertz CT molecular complexity index is 740. The van der Waals surface area contributed by atoms with Crippen LogP contribution in [0.1, 0.15) is 41.4 Å². The summed E-state index contributed by atoms with van der Waals surface area (Å²) in [4.78, 5) is 12.2. The molecule has 1 atom stereocenters. The van der Waals surface area contributed by atoms with Crippen LogP contribution in [0.2, 0.25) is 0 Å². The van der Waals surface area contributed by atoms with E-state index in [1.165, 1.54) is 0 Å². The molecule has 1 aliphatic rings. The third-order valence-corrected chi connectivity index (χ3v) is 4.04. The molecule has 1 amide bonds. The van der Waals surface area contributed by atoms with Crippen LogP contribution < -0.4 is 14.8 Å². The fraction of sp³-hybridized carbons (Fsp3) is 0.350.